The fourth-order valence-corrected chi connectivity index (χ4v) is 8.52. The molecule has 0 heterocycles. The second-order valence-electron chi connectivity index (χ2n) is 8.45. The number of hydrogen-bond donors (Lipinski definition) is 0. The van der Waals surface area contributed by atoms with Crippen LogP contribution in [0, 0.1) is 17.8 Å². The van der Waals surface area contributed by atoms with Gasteiger partial charge in [-0.2, -0.15) is 0 Å². The molecule has 6 rings (SSSR count). The van der Waals surface area contributed by atoms with Crippen LogP contribution < -0.4 is 9.05 Å². The van der Waals surface area contributed by atoms with Gasteiger partial charge < -0.3 is 9.05 Å². The van der Waals surface area contributed by atoms with Gasteiger partial charge in [0.15, 0.2) is 0 Å². The lowest BCUT2D eigenvalue weighted by Gasteiger charge is -2.57. The van der Waals surface area contributed by atoms with Crippen LogP contribution in [0.25, 0.3) is 0 Å². The van der Waals surface area contributed by atoms with Crippen molar-refractivity contribution in [2.75, 3.05) is 0 Å². The van der Waals surface area contributed by atoms with Crippen LogP contribution in [-0.2, 0) is 4.57 Å². The molecule has 0 aliphatic heterocycles. The SMILES string of the molecule is O=P(Oc1ccccc1)(Oc1ccccc1)C12CC3CC(CC(C3)C1)C2. The minimum absolute atomic E-state index is 0.326. The van der Waals surface area contributed by atoms with Gasteiger partial charge in [0.2, 0.25) is 0 Å². The Kier molecular flexibility index (Phi) is 3.90. The Morgan fingerprint density at radius 2 is 1.08 bits per heavy atom. The van der Waals surface area contributed by atoms with E-state index in [1.54, 1.807) is 0 Å². The molecule has 2 aromatic rings. The van der Waals surface area contributed by atoms with Gasteiger partial charge in [-0.05, 0) is 80.5 Å². The molecule has 136 valence electrons. The van der Waals surface area contributed by atoms with Crippen LogP contribution >= 0.6 is 7.60 Å². The first-order chi connectivity index (χ1) is 12.6. The molecule has 0 unspecified atom stereocenters. The fourth-order valence-electron chi connectivity index (χ4n) is 5.85. The first-order valence-electron chi connectivity index (χ1n) is 9.74. The molecule has 4 fully saturated rings. The third-order valence-corrected chi connectivity index (χ3v) is 9.14. The monoisotopic (exact) mass is 368 g/mol. The molecule has 2 aromatic carbocycles. The van der Waals surface area contributed by atoms with Gasteiger partial charge in [0.05, 0.1) is 5.16 Å². The quantitative estimate of drug-likeness (QED) is 0.581. The third kappa shape index (κ3) is 2.77. The van der Waals surface area contributed by atoms with Crippen LogP contribution in [-0.4, -0.2) is 5.16 Å². The Morgan fingerprint density at radius 3 is 1.46 bits per heavy atom. The lowest BCUT2D eigenvalue weighted by atomic mass is 9.56. The topological polar surface area (TPSA) is 35.5 Å². The van der Waals surface area contributed by atoms with Gasteiger partial charge in [0.25, 0.3) is 0 Å². The van der Waals surface area contributed by atoms with E-state index in [9.17, 15) is 4.57 Å². The number of rotatable bonds is 5. The van der Waals surface area contributed by atoms with Crippen LogP contribution in [0.2, 0.25) is 0 Å². The van der Waals surface area contributed by atoms with E-state index in [0.717, 1.165) is 19.3 Å². The smallest absolute Gasteiger partial charge is 0.416 e. The van der Waals surface area contributed by atoms with Crippen LogP contribution in [0.5, 0.6) is 11.5 Å². The second kappa shape index (κ2) is 6.16. The molecular weight excluding hydrogens is 343 g/mol. The van der Waals surface area contributed by atoms with Crippen molar-refractivity contribution in [2.24, 2.45) is 17.8 Å². The Morgan fingerprint density at radius 1 is 0.692 bits per heavy atom. The maximum absolute atomic E-state index is 14.4. The van der Waals surface area contributed by atoms with E-state index in [1.165, 1.54) is 19.3 Å². The van der Waals surface area contributed by atoms with Crippen molar-refractivity contribution in [1.29, 1.82) is 0 Å². The Hall–Kier alpha value is -1.73. The summed E-state index contributed by atoms with van der Waals surface area (Å²) in [6.07, 6.45) is 6.85. The molecule has 0 amide bonds. The second-order valence-corrected chi connectivity index (χ2v) is 10.8. The van der Waals surface area contributed by atoms with Crippen LogP contribution in [0.1, 0.15) is 38.5 Å². The van der Waals surface area contributed by atoms with Crippen LogP contribution in [0.15, 0.2) is 60.7 Å². The summed E-state index contributed by atoms with van der Waals surface area (Å²) in [7, 11) is -3.36. The number of hydrogen-bond acceptors (Lipinski definition) is 3. The molecule has 0 N–H and O–H groups in total. The van der Waals surface area contributed by atoms with E-state index in [-0.39, 0.29) is 5.16 Å². The summed E-state index contributed by atoms with van der Waals surface area (Å²) in [6.45, 7) is 0. The normalized spacial score (nSPS) is 32.4. The van der Waals surface area contributed by atoms with Crippen molar-refractivity contribution in [1.82, 2.24) is 0 Å². The summed E-state index contributed by atoms with van der Waals surface area (Å²) in [5, 5.41) is -0.326. The fraction of sp³-hybridized carbons (Fsp3) is 0.455. The van der Waals surface area contributed by atoms with Gasteiger partial charge in [0.1, 0.15) is 11.5 Å². The average molecular weight is 368 g/mol. The highest BCUT2D eigenvalue weighted by molar-refractivity contribution is 7.56. The highest BCUT2D eigenvalue weighted by atomic mass is 31.2. The maximum atomic E-state index is 14.4. The zero-order valence-corrected chi connectivity index (χ0v) is 15.8. The summed E-state index contributed by atoms with van der Waals surface area (Å²) in [4.78, 5) is 0. The number of benzene rings is 2. The van der Waals surface area contributed by atoms with Crippen molar-refractivity contribution >= 4 is 7.60 Å². The molecule has 4 heteroatoms. The van der Waals surface area contributed by atoms with Gasteiger partial charge in [-0.25, -0.2) is 4.57 Å². The summed E-state index contributed by atoms with van der Waals surface area (Å²) >= 11 is 0. The summed E-state index contributed by atoms with van der Waals surface area (Å²) < 4.78 is 26.8. The molecule has 0 atom stereocenters. The zero-order chi connectivity index (χ0) is 17.6. The molecule has 0 aromatic heterocycles. The highest BCUT2D eigenvalue weighted by Crippen LogP contribution is 2.72. The molecule has 4 aliphatic rings. The van der Waals surface area contributed by atoms with Gasteiger partial charge >= 0.3 is 7.60 Å². The first kappa shape index (κ1) is 16.4. The lowest BCUT2D eigenvalue weighted by Crippen LogP contribution is -2.51. The van der Waals surface area contributed by atoms with Gasteiger partial charge in [-0.15, -0.1) is 0 Å². The molecule has 26 heavy (non-hydrogen) atoms. The van der Waals surface area contributed by atoms with E-state index < -0.39 is 7.60 Å². The molecular formula is C22H25O3P. The minimum Gasteiger partial charge on any atom is -0.416 e. The van der Waals surface area contributed by atoms with Gasteiger partial charge in [-0.1, -0.05) is 36.4 Å². The van der Waals surface area contributed by atoms with Crippen LogP contribution in [0.4, 0.5) is 0 Å². The van der Waals surface area contributed by atoms with Crippen molar-refractivity contribution in [2.45, 2.75) is 43.7 Å². The molecule has 4 bridgehead atoms. The van der Waals surface area contributed by atoms with E-state index in [4.69, 9.17) is 9.05 Å². The standard InChI is InChI=1S/C22H25O3P/c23-26(24-20-7-3-1-4-8-20,25-21-9-5-2-6-10-21)22-14-17-11-18(15-22)13-19(12-17)16-22/h1-10,17-19H,11-16H2. The molecule has 4 aliphatic carbocycles. The average Bonchev–Trinajstić information content (AvgIpc) is 2.62. The molecule has 0 radical (unpaired) electrons. The van der Waals surface area contributed by atoms with Gasteiger partial charge in [-0.3, -0.25) is 0 Å². The lowest BCUT2D eigenvalue weighted by molar-refractivity contribution is 0.0244. The van der Waals surface area contributed by atoms with Crippen LogP contribution in [0.3, 0.4) is 0 Å². The molecule has 3 nitrogen and oxygen atoms in total. The summed E-state index contributed by atoms with van der Waals surface area (Å²) in [5.74, 6) is 3.35. The highest BCUT2D eigenvalue weighted by Gasteiger charge is 2.63. The maximum Gasteiger partial charge on any atom is 0.436 e. The first-order valence-corrected chi connectivity index (χ1v) is 11.3. The van der Waals surface area contributed by atoms with Crippen molar-refractivity contribution in [3.05, 3.63) is 60.7 Å². The minimum atomic E-state index is -3.36. The van der Waals surface area contributed by atoms with E-state index >= 15 is 0 Å². The summed E-state index contributed by atoms with van der Waals surface area (Å²) in [5.41, 5.74) is 0. The molecule has 0 saturated heterocycles. The molecule has 4 saturated carbocycles. The zero-order valence-electron chi connectivity index (χ0n) is 14.9. The predicted octanol–water partition coefficient (Wildman–Crippen LogP) is 6.31. The molecule has 0 spiro atoms. The predicted molar refractivity (Wildman–Crippen MR) is 103 cm³/mol. The van der Waals surface area contributed by atoms with E-state index in [1.807, 2.05) is 60.7 Å². The third-order valence-electron chi connectivity index (χ3n) is 6.52. The van der Waals surface area contributed by atoms with Crippen molar-refractivity contribution in [3.8, 4) is 11.5 Å². The van der Waals surface area contributed by atoms with Gasteiger partial charge in [0, 0.05) is 0 Å². The van der Waals surface area contributed by atoms with Crippen molar-refractivity contribution < 1.29 is 13.6 Å². The summed E-state index contributed by atoms with van der Waals surface area (Å²) in [6, 6.07) is 19.1. The van der Waals surface area contributed by atoms with E-state index in [2.05, 4.69) is 0 Å². The van der Waals surface area contributed by atoms with Crippen molar-refractivity contribution in [3.63, 3.8) is 0 Å². The Balaban J connectivity index is 1.54. The number of para-hydroxylation sites is 2. The van der Waals surface area contributed by atoms with E-state index in [0.29, 0.717) is 29.3 Å². The Bertz CT molecular complexity index is 737. The Labute approximate surface area is 155 Å². The largest absolute Gasteiger partial charge is 0.436 e.